The maximum absolute atomic E-state index is 12.3. The number of thioether (sulfide) groups is 1. The van der Waals surface area contributed by atoms with Crippen LogP contribution in [0, 0.1) is 5.92 Å². The highest BCUT2D eigenvalue weighted by Gasteiger charge is 2.41. The molecule has 0 spiro atoms. The maximum atomic E-state index is 12.3. The number of allylic oxidation sites excluding steroid dienone is 1. The molecule has 2 heterocycles. The van der Waals surface area contributed by atoms with Crippen molar-refractivity contribution in [1.82, 2.24) is 16.1 Å². The zero-order chi connectivity index (χ0) is 15.5. The van der Waals surface area contributed by atoms with E-state index in [1.54, 1.807) is 17.8 Å². The minimum absolute atomic E-state index is 0.0464. The SMILES string of the molecule is C=CCNC(=S)N/N=C1/N=C2SC3=C(CCCC3)C2C(=O)N1. The van der Waals surface area contributed by atoms with Crippen LogP contribution in [0.3, 0.4) is 0 Å². The van der Waals surface area contributed by atoms with E-state index in [4.69, 9.17) is 12.2 Å². The standard InChI is InChI=1S/C14H17N5OS2/c1-2-7-15-14(21)19-18-13-16-11(20)10-8-5-3-4-6-9(8)22-12(10)17-13/h2,10H,1,3-7H2,(H2,15,19,21)(H,16,18,20). The smallest absolute Gasteiger partial charge is 0.247 e. The van der Waals surface area contributed by atoms with Gasteiger partial charge in [0.05, 0.1) is 5.04 Å². The Balaban J connectivity index is 1.71. The largest absolute Gasteiger partial charge is 0.358 e. The van der Waals surface area contributed by atoms with E-state index in [1.807, 2.05) is 0 Å². The van der Waals surface area contributed by atoms with E-state index in [1.165, 1.54) is 16.9 Å². The van der Waals surface area contributed by atoms with E-state index >= 15 is 0 Å². The number of nitrogens with zero attached hydrogens (tertiary/aromatic N) is 2. The molecule has 0 saturated carbocycles. The van der Waals surface area contributed by atoms with Gasteiger partial charge in [0.15, 0.2) is 5.11 Å². The van der Waals surface area contributed by atoms with E-state index in [0.717, 1.165) is 24.3 Å². The van der Waals surface area contributed by atoms with Crippen LogP contribution in [0.2, 0.25) is 0 Å². The molecule has 0 fully saturated rings. The lowest BCUT2D eigenvalue weighted by Gasteiger charge is -2.21. The van der Waals surface area contributed by atoms with Gasteiger partial charge in [-0.05, 0) is 48.4 Å². The molecular weight excluding hydrogens is 318 g/mol. The monoisotopic (exact) mass is 335 g/mol. The van der Waals surface area contributed by atoms with Crippen LogP contribution >= 0.6 is 24.0 Å². The van der Waals surface area contributed by atoms with E-state index < -0.39 is 0 Å². The first-order chi connectivity index (χ1) is 10.7. The number of hydrazone groups is 1. The number of guanidine groups is 1. The van der Waals surface area contributed by atoms with Crippen LogP contribution in [0.15, 0.2) is 33.2 Å². The number of nitrogens with one attached hydrogen (secondary N) is 3. The summed E-state index contributed by atoms with van der Waals surface area (Å²) in [6.07, 6.45) is 6.10. The molecule has 1 unspecified atom stereocenters. The van der Waals surface area contributed by atoms with E-state index in [2.05, 4.69) is 32.7 Å². The van der Waals surface area contributed by atoms with Crippen molar-refractivity contribution in [2.75, 3.05) is 6.54 Å². The van der Waals surface area contributed by atoms with Crippen molar-refractivity contribution in [2.45, 2.75) is 25.7 Å². The number of rotatable bonds is 3. The summed E-state index contributed by atoms with van der Waals surface area (Å²) in [5, 5.41) is 10.9. The average Bonchev–Trinajstić information content (AvgIpc) is 2.89. The number of aliphatic imine (C=N–C) groups is 1. The summed E-state index contributed by atoms with van der Waals surface area (Å²) in [5.41, 5.74) is 3.92. The first-order valence-corrected chi connectivity index (χ1v) is 8.43. The zero-order valence-electron chi connectivity index (χ0n) is 12.0. The Kier molecular flexibility index (Phi) is 4.58. The maximum Gasteiger partial charge on any atom is 0.247 e. The molecule has 0 aromatic heterocycles. The molecular formula is C14H17N5OS2. The van der Waals surface area contributed by atoms with Crippen molar-refractivity contribution in [1.29, 1.82) is 0 Å². The highest BCUT2D eigenvalue weighted by molar-refractivity contribution is 8.17. The van der Waals surface area contributed by atoms with Crippen molar-refractivity contribution in [3.63, 3.8) is 0 Å². The van der Waals surface area contributed by atoms with Gasteiger partial charge in [0, 0.05) is 6.54 Å². The van der Waals surface area contributed by atoms with Crippen molar-refractivity contribution in [3.05, 3.63) is 23.1 Å². The van der Waals surface area contributed by atoms with Crippen LogP contribution in [-0.4, -0.2) is 28.6 Å². The van der Waals surface area contributed by atoms with Crippen LogP contribution in [0.4, 0.5) is 0 Å². The van der Waals surface area contributed by atoms with Gasteiger partial charge in [-0.1, -0.05) is 17.8 Å². The van der Waals surface area contributed by atoms with Crippen LogP contribution in [0.5, 0.6) is 0 Å². The average molecular weight is 335 g/mol. The Bertz CT molecular complexity index is 623. The van der Waals surface area contributed by atoms with Gasteiger partial charge < -0.3 is 5.32 Å². The summed E-state index contributed by atoms with van der Waals surface area (Å²) in [5.74, 6) is 0.00589. The molecule has 3 N–H and O–H groups in total. The lowest BCUT2D eigenvalue weighted by Crippen LogP contribution is -2.44. The first kappa shape index (κ1) is 15.2. The summed E-state index contributed by atoms with van der Waals surface area (Å²) >= 11 is 6.67. The lowest BCUT2D eigenvalue weighted by molar-refractivity contribution is -0.120. The number of fused-ring (bicyclic) bond motifs is 2. The van der Waals surface area contributed by atoms with Gasteiger partial charge in [0.25, 0.3) is 0 Å². The molecule has 0 saturated heterocycles. The molecule has 0 aromatic carbocycles. The number of amides is 1. The molecule has 3 rings (SSSR count). The number of carbonyl (C=O) groups is 1. The highest BCUT2D eigenvalue weighted by atomic mass is 32.2. The summed E-state index contributed by atoms with van der Waals surface area (Å²) < 4.78 is 0. The molecule has 1 amide bonds. The first-order valence-electron chi connectivity index (χ1n) is 7.20. The van der Waals surface area contributed by atoms with Gasteiger partial charge in [-0.3, -0.25) is 15.5 Å². The number of hydrogen-bond acceptors (Lipinski definition) is 4. The quantitative estimate of drug-likeness (QED) is 0.415. The van der Waals surface area contributed by atoms with Gasteiger partial charge in [-0.15, -0.1) is 11.7 Å². The van der Waals surface area contributed by atoms with Crippen molar-refractivity contribution < 1.29 is 4.79 Å². The normalized spacial score (nSPS) is 25.1. The van der Waals surface area contributed by atoms with E-state index in [-0.39, 0.29) is 17.8 Å². The Morgan fingerprint density at radius 3 is 3.18 bits per heavy atom. The molecule has 1 atom stereocenters. The zero-order valence-corrected chi connectivity index (χ0v) is 13.6. The Labute approximate surface area is 138 Å². The van der Waals surface area contributed by atoms with Crippen LogP contribution < -0.4 is 16.1 Å². The summed E-state index contributed by atoms with van der Waals surface area (Å²) in [6.45, 7) is 4.14. The number of hydrogen-bond donors (Lipinski definition) is 3. The fourth-order valence-electron chi connectivity index (χ4n) is 2.69. The summed E-state index contributed by atoms with van der Waals surface area (Å²) in [7, 11) is 0. The predicted molar refractivity (Wildman–Crippen MR) is 93.5 cm³/mol. The molecule has 6 nitrogen and oxygen atoms in total. The second kappa shape index (κ2) is 6.62. The third-order valence-electron chi connectivity index (χ3n) is 3.66. The molecule has 116 valence electrons. The molecule has 8 heteroatoms. The number of carbonyl (C=O) groups excluding carboxylic acids is 1. The van der Waals surface area contributed by atoms with E-state index in [9.17, 15) is 4.79 Å². The van der Waals surface area contributed by atoms with Crippen molar-refractivity contribution in [3.8, 4) is 0 Å². The molecule has 0 bridgehead atoms. The minimum atomic E-state index is -0.204. The van der Waals surface area contributed by atoms with Crippen molar-refractivity contribution >= 4 is 46.0 Å². The molecule has 2 aliphatic heterocycles. The van der Waals surface area contributed by atoms with Gasteiger partial charge in [-0.2, -0.15) is 0 Å². The molecule has 1 aliphatic carbocycles. The van der Waals surface area contributed by atoms with Gasteiger partial charge in [-0.25, -0.2) is 4.99 Å². The van der Waals surface area contributed by atoms with Crippen LogP contribution in [-0.2, 0) is 4.79 Å². The van der Waals surface area contributed by atoms with Crippen LogP contribution in [0.1, 0.15) is 25.7 Å². The highest BCUT2D eigenvalue weighted by Crippen LogP contribution is 2.46. The Morgan fingerprint density at radius 1 is 1.55 bits per heavy atom. The van der Waals surface area contributed by atoms with Crippen molar-refractivity contribution in [2.24, 2.45) is 16.0 Å². The second-order valence-electron chi connectivity index (χ2n) is 5.18. The summed E-state index contributed by atoms with van der Waals surface area (Å²) in [4.78, 5) is 18.1. The lowest BCUT2D eigenvalue weighted by atomic mass is 9.89. The Morgan fingerprint density at radius 2 is 2.36 bits per heavy atom. The van der Waals surface area contributed by atoms with E-state index in [0.29, 0.717) is 11.7 Å². The fourth-order valence-corrected chi connectivity index (χ4v) is 4.17. The number of thiocarbonyl (C=S) groups is 1. The molecule has 22 heavy (non-hydrogen) atoms. The third-order valence-corrected chi connectivity index (χ3v) is 5.15. The topological polar surface area (TPSA) is 77.9 Å². The Hall–Kier alpha value is -1.67. The second-order valence-corrected chi connectivity index (χ2v) is 6.70. The molecule has 3 aliphatic rings. The van der Waals surface area contributed by atoms with Gasteiger partial charge in [0.2, 0.25) is 11.9 Å². The van der Waals surface area contributed by atoms with Gasteiger partial charge in [0.1, 0.15) is 5.92 Å². The van der Waals surface area contributed by atoms with Gasteiger partial charge >= 0.3 is 0 Å². The fraction of sp³-hybridized carbons (Fsp3) is 0.429. The minimum Gasteiger partial charge on any atom is -0.358 e. The molecule has 0 radical (unpaired) electrons. The summed E-state index contributed by atoms with van der Waals surface area (Å²) in [6, 6.07) is 0. The third kappa shape index (κ3) is 3.07. The molecule has 0 aromatic rings. The predicted octanol–water partition coefficient (Wildman–Crippen LogP) is 1.63. The van der Waals surface area contributed by atoms with Crippen LogP contribution in [0.25, 0.3) is 0 Å².